The Morgan fingerprint density at radius 1 is 1.40 bits per heavy atom. The van der Waals surface area contributed by atoms with Crippen LogP contribution in [0.3, 0.4) is 0 Å². The zero-order valence-electron chi connectivity index (χ0n) is 11.0. The molecule has 0 bridgehead atoms. The summed E-state index contributed by atoms with van der Waals surface area (Å²) in [4.78, 5) is 11.1. The van der Waals surface area contributed by atoms with Gasteiger partial charge >= 0.3 is 12.1 Å². The molecule has 1 aromatic rings. The minimum atomic E-state index is -4.55. The fourth-order valence-electron chi connectivity index (χ4n) is 1.76. The van der Waals surface area contributed by atoms with E-state index in [0.717, 1.165) is 6.07 Å². The van der Waals surface area contributed by atoms with E-state index in [1.807, 2.05) is 13.8 Å². The van der Waals surface area contributed by atoms with Gasteiger partial charge in [0.05, 0.1) is 5.56 Å². The average Bonchev–Trinajstić information content (AvgIpc) is 2.28. The van der Waals surface area contributed by atoms with Gasteiger partial charge in [0.2, 0.25) is 0 Å². The highest BCUT2D eigenvalue weighted by Gasteiger charge is 2.34. The number of carbonyl (C=O) groups is 1. The van der Waals surface area contributed by atoms with Crippen molar-refractivity contribution in [1.82, 2.24) is 0 Å². The lowest BCUT2D eigenvalue weighted by atomic mass is 10.0. The van der Waals surface area contributed by atoms with Crippen LogP contribution in [0.25, 0.3) is 0 Å². The topological polar surface area (TPSA) is 49.3 Å². The van der Waals surface area contributed by atoms with Crippen molar-refractivity contribution in [3.05, 3.63) is 28.2 Å². The third-order valence-electron chi connectivity index (χ3n) is 2.62. The summed E-state index contributed by atoms with van der Waals surface area (Å²) in [5, 5.41) is 11.6. The van der Waals surface area contributed by atoms with Gasteiger partial charge in [-0.2, -0.15) is 13.2 Å². The van der Waals surface area contributed by atoms with E-state index in [-0.39, 0.29) is 22.5 Å². The minimum Gasteiger partial charge on any atom is -0.480 e. The summed E-state index contributed by atoms with van der Waals surface area (Å²) in [7, 11) is 0. The van der Waals surface area contributed by atoms with Gasteiger partial charge in [-0.1, -0.05) is 29.8 Å². The van der Waals surface area contributed by atoms with Crippen LogP contribution < -0.4 is 5.32 Å². The Morgan fingerprint density at radius 3 is 2.45 bits per heavy atom. The Hall–Kier alpha value is -1.24. The average molecular weight is 354 g/mol. The number of hydrogen-bond donors (Lipinski definition) is 2. The van der Waals surface area contributed by atoms with Crippen LogP contribution in [0.15, 0.2) is 22.7 Å². The molecule has 0 saturated heterocycles. The number of nitrogens with one attached hydrogen (secondary N) is 1. The van der Waals surface area contributed by atoms with Crippen LogP contribution in [0.2, 0.25) is 0 Å². The molecule has 0 aliphatic rings. The van der Waals surface area contributed by atoms with Crippen LogP contribution in [0.1, 0.15) is 25.8 Å². The highest BCUT2D eigenvalue weighted by atomic mass is 79.9. The van der Waals surface area contributed by atoms with Gasteiger partial charge in [-0.3, -0.25) is 0 Å². The Kier molecular flexibility index (Phi) is 5.44. The summed E-state index contributed by atoms with van der Waals surface area (Å²) >= 11 is 2.98. The monoisotopic (exact) mass is 353 g/mol. The summed E-state index contributed by atoms with van der Waals surface area (Å²) in [6, 6.07) is 2.53. The molecule has 0 aromatic heterocycles. The molecule has 0 heterocycles. The maximum absolute atomic E-state index is 12.9. The normalized spacial score (nSPS) is 13.3. The number of alkyl halides is 3. The number of aliphatic carboxylic acids is 1. The van der Waals surface area contributed by atoms with Crippen molar-refractivity contribution in [2.45, 2.75) is 32.5 Å². The highest BCUT2D eigenvalue weighted by molar-refractivity contribution is 9.10. The lowest BCUT2D eigenvalue weighted by Gasteiger charge is -2.21. The molecule has 7 heteroatoms. The molecule has 2 N–H and O–H groups in total. The van der Waals surface area contributed by atoms with Crippen molar-refractivity contribution in [3.8, 4) is 0 Å². The first-order valence-corrected chi connectivity index (χ1v) is 6.76. The number of carboxylic acids is 1. The molecule has 1 aromatic carbocycles. The Morgan fingerprint density at radius 2 is 2.00 bits per heavy atom. The van der Waals surface area contributed by atoms with Crippen LogP contribution in [0.5, 0.6) is 0 Å². The zero-order chi connectivity index (χ0) is 15.5. The predicted octanol–water partition coefficient (Wildman–Crippen LogP) is 4.38. The molecule has 0 fully saturated rings. The second-order valence-corrected chi connectivity index (χ2v) is 5.77. The first kappa shape index (κ1) is 16.8. The quantitative estimate of drug-likeness (QED) is 0.825. The summed E-state index contributed by atoms with van der Waals surface area (Å²) in [5.74, 6) is -1.12. The van der Waals surface area contributed by atoms with Crippen LogP contribution in [-0.2, 0) is 11.0 Å². The molecule has 0 radical (unpaired) electrons. The molecule has 3 nitrogen and oxygen atoms in total. The highest BCUT2D eigenvalue weighted by Crippen LogP contribution is 2.37. The first-order chi connectivity index (χ1) is 9.11. The van der Waals surface area contributed by atoms with E-state index in [4.69, 9.17) is 5.11 Å². The SMILES string of the molecule is CC(C)CC(Nc1ccc(Br)cc1C(F)(F)F)C(=O)O. The van der Waals surface area contributed by atoms with Crippen molar-refractivity contribution in [3.63, 3.8) is 0 Å². The molecule has 1 unspecified atom stereocenters. The van der Waals surface area contributed by atoms with E-state index in [0.29, 0.717) is 0 Å². The number of rotatable bonds is 5. The van der Waals surface area contributed by atoms with Crippen LogP contribution >= 0.6 is 15.9 Å². The van der Waals surface area contributed by atoms with E-state index in [1.54, 1.807) is 0 Å². The molecular formula is C13H15BrF3NO2. The molecule has 0 aliphatic carbocycles. The number of anilines is 1. The Labute approximate surface area is 123 Å². The van der Waals surface area contributed by atoms with Crippen molar-refractivity contribution in [2.24, 2.45) is 5.92 Å². The fraction of sp³-hybridized carbons (Fsp3) is 0.462. The molecule has 0 spiro atoms. The second-order valence-electron chi connectivity index (χ2n) is 4.85. The van der Waals surface area contributed by atoms with E-state index in [1.165, 1.54) is 12.1 Å². The van der Waals surface area contributed by atoms with Gasteiger partial charge in [0, 0.05) is 10.2 Å². The van der Waals surface area contributed by atoms with Gasteiger partial charge < -0.3 is 10.4 Å². The van der Waals surface area contributed by atoms with Gasteiger partial charge in [0.15, 0.2) is 0 Å². The van der Waals surface area contributed by atoms with Gasteiger partial charge in [-0.25, -0.2) is 4.79 Å². The number of halogens is 4. The van der Waals surface area contributed by atoms with Crippen molar-refractivity contribution in [1.29, 1.82) is 0 Å². The van der Waals surface area contributed by atoms with Gasteiger partial charge in [0.25, 0.3) is 0 Å². The third-order valence-corrected chi connectivity index (χ3v) is 3.12. The predicted molar refractivity (Wildman–Crippen MR) is 73.6 cm³/mol. The van der Waals surface area contributed by atoms with Gasteiger partial charge in [0.1, 0.15) is 6.04 Å². The fourth-order valence-corrected chi connectivity index (χ4v) is 2.12. The van der Waals surface area contributed by atoms with E-state index in [2.05, 4.69) is 21.2 Å². The third kappa shape index (κ3) is 4.70. The largest absolute Gasteiger partial charge is 0.480 e. The van der Waals surface area contributed by atoms with Crippen molar-refractivity contribution >= 4 is 27.6 Å². The van der Waals surface area contributed by atoms with Crippen LogP contribution in [0.4, 0.5) is 18.9 Å². The smallest absolute Gasteiger partial charge is 0.418 e. The number of hydrogen-bond acceptors (Lipinski definition) is 2. The molecule has 0 saturated carbocycles. The first-order valence-electron chi connectivity index (χ1n) is 5.97. The molecule has 112 valence electrons. The Bertz CT molecular complexity index is 489. The molecule has 0 amide bonds. The van der Waals surface area contributed by atoms with E-state index < -0.39 is 23.8 Å². The summed E-state index contributed by atoms with van der Waals surface area (Å²) in [6.45, 7) is 3.62. The standard InChI is InChI=1S/C13H15BrF3NO2/c1-7(2)5-11(12(19)20)18-10-4-3-8(14)6-9(10)13(15,16)17/h3-4,6-7,11,18H,5H2,1-2H3,(H,19,20). The lowest BCUT2D eigenvalue weighted by molar-refractivity contribution is -0.139. The summed E-state index contributed by atoms with van der Waals surface area (Å²) < 4.78 is 39.1. The van der Waals surface area contributed by atoms with Crippen LogP contribution in [-0.4, -0.2) is 17.1 Å². The molecule has 1 rings (SSSR count). The summed E-state index contributed by atoms with van der Waals surface area (Å²) in [5.41, 5.74) is -1.12. The second kappa shape index (κ2) is 6.47. The van der Waals surface area contributed by atoms with Gasteiger partial charge in [-0.05, 0) is 30.5 Å². The maximum atomic E-state index is 12.9. The van der Waals surface area contributed by atoms with Crippen LogP contribution in [0, 0.1) is 5.92 Å². The minimum absolute atomic E-state index is 0.0494. The lowest BCUT2D eigenvalue weighted by Crippen LogP contribution is -2.31. The number of carboxylic acid groups (broad SMARTS) is 1. The molecular weight excluding hydrogens is 339 g/mol. The van der Waals surface area contributed by atoms with Crippen molar-refractivity contribution in [2.75, 3.05) is 5.32 Å². The van der Waals surface area contributed by atoms with Crippen molar-refractivity contribution < 1.29 is 23.1 Å². The van der Waals surface area contributed by atoms with E-state index >= 15 is 0 Å². The van der Waals surface area contributed by atoms with E-state index in [9.17, 15) is 18.0 Å². The van der Waals surface area contributed by atoms with Gasteiger partial charge in [-0.15, -0.1) is 0 Å². The molecule has 1 atom stereocenters. The Balaban J connectivity index is 3.09. The zero-order valence-corrected chi connectivity index (χ0v) is 12.5. The summed E-state index contributed by atoms with van der Waals surface area (Å²) in [6.07, 6.45) is -4.31. The number of benzene rings is 1. The maximum Gasteiger partial charge on any atom is 0.418 e. The molecule has 0 aliphatic heterocycles. The molecule has 20 heavy (non-hydrogen) atoms.